The zero-order chi connectivity index (χ0) is 36.5. The second-order valence-corrected chi connectivity index (χ2v) is 13.7. The fraction of sp³-hybridized carbons (Fsp3) is 0.317. The molecule has 9 heteroatoms. The van der Waals surface area contributed by atoms with Crippen molar-refractivity contribution in [2.45, 2.75) is 78.2 Å². The Kier molecular flexibility index (Phi) is 16.1. The molecule has 1 aromatic heterocycles. The summed E-state index contributed by atoms with van der Waals surface area (Å²) in [6.45, 7) is 10.2. The Morgan fingerprint density at radius 3 is 1.98 bits per heavy atom. The number of ether oxygens (including phenoxy) is 1. The second-order valence-electron chi connectivity index (χ2n) is 11.8. The molecule has 5 rings (SSSR count). The zero-order valence-corrected chi connectivity index (χ0v) is 30.9. The van der Waals surface area contributed by atoms with Gasteiger partial charge in [0.25, 0.3) is 0 Å². The maximum absolute atomic E-state index is 14.4. The molecule has 0 amide bonds. The summed E-state index contributed by atoms with van der Waals surface area (Å²) in [5.74, 6) is 1.15. The molecule has 0 aliphatic rings. The highest BCUT2D eigenvalue weighted by atomic mass is 32.2. The van der Waals surface area contributed by atoms with Crippen molar-refractivity contribution in [3.05, 3.63) is 148 Å². The molecule has 50 heavy (non-hydrogen) atoms. The second kappa shape index (κ2) is 20.2. The number of benzene rings is 4. The Hall–Kier alpha value is -4.60. The highest BCUT2D eigenvalue weighted by Gasteiger charge is 2.23. The first kappa shape index (κ1) is 39.8. The number of imidazole rings is 1. The molecule has 0 saturated heterocycles. The molecular weight excluding hydrogens is 650 g/mol. The van der Waals surface area contributed by atoms with Crippen LogP contribution in [0.3, 0.4) is 0 Å². The van der Waals surface area contributed by atoms with Crippen molar-refractivity contribution in [1.82, 2.24) is 14.3 Å². The smallest absolute Gasteiger partial charge is 0.240 e. The lowest BCUT2D eigenvalue weighted by atomic mass is 10.1. The molecule has 266 valence electrons. The summed E-state index contributed by atoms with van der Waals surface area (Å²) in [6, 6.07) is 31.6. The third-order valence-corrected chi connectivity index (χ3v) is 9.50. The largest absolute Gasteiger partial charge is 0.485 e. The number of aromatic nitrogens is 2. The molecule has 0 radical (unpaired) electrons. The standard InChI is InChI=1S/C26H31FN2O2.C8H11NO2S.C7H8/c1-4-11-19-13-8-10-16-24(19)31-18-23(30)26-22(6-3)28-25(12-5-2)29(26)17-20-14-7-9-15-21(20)27;1-7-5-3-4-6-8(7)12(10,11)9-2;1-7-5-3-2-4-6-7/h7-10,13-16H,4-6,11-12,17-18H2,1-3H3;3-6,9H,1-2H3;2-6H,1H3. The van der Waals surface area contributed by atoms with Gasteiger partial charge >= 0.3 is 0 Å². The summed E-state index contributed by atoms with van der Waals surface area (Å²) in [6.07, 6.45) is 4.16. The van der Waals surface area contributed by atoms with Gasteiger partial charge in [-0.05, 0) is 69.5 Å². The van der Waals surface area contributed by atoms with E-state index in [1.54, 1.807) is 37.3 Å². The molecule has 0 unspecified atom stereocenters. The maximum Gasteiger partial charge on any atom is 0.240 e. The van der Waals surface area contributed by atoms with Crippen molar-refractivity contribution in [2.24, 2.45) is 0 Å². The average Bonchev–Trinajstić information content (AvgIpc) is 3.46. The van der Waals surface area contributed by atoms with Crippen molar-refractivity contribution in [2.75, 3.05) is 13.7 Å². The van der Waals surface area contributed by atoms with Crippen LogP contribution in [-0.4, -0.2) is 37.4 Å². The summed E-state index contributed by atoms with van der Waals surface area (Å²) in [5.41, 5.74) is 5.00. The Bertz CT molecular complexity index is 1910. The van der Waals surface area contributed by atoms with E-state index < -0.39 is 10.0 Å². The van der Waals surface area contributed by atoms with Gasteiger partial charge in [0, 0.05) is 12.0 Å². The van der Waals surface area contributed by atoms with Crippen LogP contribution in [0.5, 0.6) is 5.75 Å². The molecular formula is C41H50FN3O4S. The van der Waals surface area contributed by atoms with Crippen LogP contribution in [0.4, 0.5) is 4.39 Å². The molecule has 5 aromatic rings. The van der Waals surface area contributed by atoms with Gasteiger partial charge in [0.05, 0.1) is 17.1 Å². The van der Waals surface area contributed by atoms with E-state index in [-0.39, 0.29) is 24.8 Å². The van der Waals surface area contributed by atoms with Crippen molar-refractivity contribution in [3.63, 3.8) is 0 Å². The molecule has 0 bridgehead atoms. The first-order chi connectivity index (χ1) is 24.1. The first-order valence-electron chi connectivity index (χ1n) is 17.1. The monoisotopic (exact) mass is 699 g/mol. The summed E-state index contributed by atoms with van der Waals surface area (Å²) in [7, 11) is -1.87. The molecule has 0 fully saturated rings. The number of sulfonamides is 1. The normalized spacial score (nSPS) is 10.8. The van der Waals surface area contributed by atoms with E-state index in [0.29, 0.717) is 22.6 Å². The molecule has 4 aromatic carbocycles. The Morgan fingerprint density at radius 1 is 0.800 bits per heavy atom. The van der Waals surface area contributed by atoms with E-state index in [2.05, 4.69) is 37.6 Å². The number of nitrogens with zero attached hydrogens (tertiary/aromatic N) is 2. The van der Waals surface area contributed by atoms with E-state index in [1.807, 2.05) is 66.1 Å². The number of hydrogen-bond donors (Lipinski definition) is 1. The van der Waals surface area contributed by atoms with E-state index in [0.717, 1.165) is 54.1 Å². The van der Waals surface area contributed by atoms with E-state index >= 15 is 0 Å². The van der Waals surface area contributed by atoms with E-state index in [1.165, 1.54) is 18.7 Å². The SMILES string of the molecule is CCCc1ccccc1OCC(=O)c1c(CC)nc(CCC)n1Cc1ccccc1F.CNS(=O)(=O)c1ccccc1C.Cc1ccccc1. The van der Waals surface area contributed by atoms with Gasteiger partial charge < -0.3 is 9.30 Å². The number of hydrogen-bond acceptors (Lipinski definition) is 5. The third-order valence-electron chi connectivity index (χ3n) is 7.92. The van der Waals surface area contributed by atoms with Gasteiger partial charge in [0.2, 0.25) is 15.8 Å². The van der Waals surface area contributed by atoms with Crippen LogP contribution in [0.25, 0.3) is 0 Å². The highest BCUT2D eigenvalue weighted by molar-refractivity contribution is 7.89. The number of carbonyl (C=O) groups excluding carboxylic acids is 1. The molecule has 7 nitrogen and oxygen atoms in total. The van der Waals surface area contributed by atoms with Gasteiger partial charge in [0.1, 0.15) is 23.1 Å². The van der Waals surface area contributed by atoms with Crippen molar-refractivity contribution < 1.29 is 22.3 Å². The number of carbonyl (C=O) groups is 1. The van der Waals surface area contributed by atoms with Crippen LogP contribution in [0.2, 0.25) is 0 Å². The number of aryl methyl sites for hydroxylation is 5. The quantitative estimate of drug-likeness (QED) is 0.124. The third kappa shape index (κ3) is 11.5. The summed E-state index contributed by atoms with van der Waals surface area (Å²) in [4.78, 5) is 18.4. The molecule has 1 N–H and O–H groups in total. The van der Waals surface area contributed by atoms with Crippen LogP contribution >= 0.6 is 0 Å². The minimum atomic E-state index is -3.28. The molecule has 0 saturated carbocycles. The number of rotatable bonds is 13. The molecule has 0 spiro atoms. The minimum absolute atomic E-state index is 0.0672. The fourth-order valence-electron chi connectivity index (χ4n) is 5.33. The van der Waals surface area contributed by atoms with E-state index in [9.17, 15) is 17.6 Å². The van der Waals surface area contributed by atoms with Crippen LogP contribution in [-0.2, 0) is 35.8 Å². The highest BCUT2D eigenvalue weighted by Crippen LogP contribution is 2.22. The number of para-hydroxylation sites is 1. The lowest BCUT2D eigenvalue weighted by Crippen LogP contribution is -2.20. The van der Waals surface area contributed by atoms with Gasteiger partial charge in [-0.1, -0.05) is 118 Å². The van der Waals surface area contributed by atoms with Crippen LogP contribution in [0.1, 0.15) is 77.9 Å². The summed E-state index contributed by atoms with van der Waals surface area (Å²) < 4.78 is 47.1. The lowest BCUT2D eigenvalue weighted by Gasteiger charge is -2.14. The topological polar surface area (TPSA) is 90.3 Å². The molecule has 0 aliphatic heterocycles. The van der Waals surface area contributed by atoms with Crippen molar-refractivity contribution >= 4 is 15.8 Å². The zero-order valence-electron chi connectivity index (χ0n) is 30.1. The Labute approximate surface area is 297 Å². The summed E-state index contributed by atoms with van der Waals surface area (Å²) in [5, 5.41) is 0. The lowest BCUT2D eigenvalue weighted by molar-refractivity contribution is 0.0910. The van der Waals surface area contributed by atoms with Gasteiger partial charge in [-0.25, -0.2) is 22.5 Å². The minimum Gasteiger partial charge on any atom is -0.485 e. The molecule has 1 heterocycles. The number of halogens is 1. The number of nitrogens with one attached hydrogen (secondary N) is 1. The number of Topliss-reactive ketones (excluding diaryl/α,β-unsaturated/α-hetero) is 1. The predicted molar refractivity (Wildman–Crippen MR) is 200 cm³/mol. The van der Waals surface area contributed by atoms with Crippen LogP contribution in [0, 0.1) is 19.7 Å². The van der Waals surface area contributed by atoms with Crippen LogP contribution in [0.15, 0.2) is 108 Å². The Balaban J connectivity index is 0.000000288. The fourth-order valence-corrected chi connectivity index (χ4v) is 6.30. The van der Waals surface area contributed by atoms with Crippen molar-refractivity contribution in [1.29, 1.82) is 0 Å². The average molecular weight is 700 g/mol. The number of ketones is 1. The van der Waals surface area contributed by atoms with Gasteiger partial charge in [0.15, 0.2) is 6.61 Å². The predicted octanol–water partition coefficient (Wildman–Crippen LogP) is 8.70. The van der Waals surface area contributed by atoms with Gasteiger partial charge in [-0.15, -0.1) is 0 Å². The van der Waals surface area contributed by atoms with E-state index in [4.69, 9.17) is 9.72 Å². The van der Waals surface area contributed by atoms with Crippen molar-refractivity contribution in [3.8, 4) is 5.75 Å². The Morgan fingerprint density at radius 2 is 1.40 bits per heavy atom. The molecule has 0 aliphatic carbocycles. The van der Waals surface area contributed by atoms with Gasteiger partial charge in [-0.2, -0.15) is 0 Å². The molecule has 0 atom stereocenters. The first-order valence-corrected chi connectivity index (χ1v) is 18.6. The maximum atomic E-state index is 14.4. The summed E-state index contributed by atoms with van der Waals surface area (Å²) >= 11 is 0. The van der Waals surface area contributed by atoms with Gasteiger partial charge in [-0.3, -0.25) is 4.79 Å². The van der Waals surface area contributed by atoms with Crippen LogP contribution < -0.4 is 9.46 Å².